The summed E-state index contributed by atoms with van der Waals surface area (Å²) < 4.78 is 0. The monoisotopic (exact) mass is 601 g/mol. The van der Waals surface area contributed by atoms with Crippen LogP contribution in [0.5, 0.6) is 0 Å². The van der Waals surface area contributed by atoms with Gasteiger partial charge in [-0.3, -0.25) is 19.7 Å². The summed E-state index contributed by atoms with van der Waals surface area (Å²) in [5.41, 5.74) is 9.95. The van der Waals surface area contributed by atoms with Crippen LogP contribution in [-0.2, 0) is 9.59 Å². The lowest BCUT2D eigenvalue weighted by Gasteiger charge is -2.18. The number of hydrogen-bond donors (Lipinski definition) is 6. The molecule has 8 N–H and O–H groups in total. The molecule has 4 amide bonds. The van der Waals surface area contributed by atoms with Gasteiger partial charge in [-0.1, -0.05) is 52.0 Å². The van der Waals surface area contributed by atoms with Crippen molar-refractivity contribution in [2.45, 2.75) is 46.7 Å². The lowest BCUT2D eigenvalue weighted by Crippen LogP contribution is -2.91. The quantitative estimate of drug-likeness (QED) is 0.153. The largest absolute Gasteiger partial charge is 0.368 e. The van der Waals surface area contributed by atoms with Crippen molar-refractivity contribution in [3.05, 3.63) is 84.7 Å². The molecule has 0 aliphatic carbocycles. The van der Waals surface area contributed by atoms with Gasteiger partial charge >= 0.3 is 5.91 Å². The third-order valence-corrected chi connectivity index (χ3v) is 6.84. The number of carbonyl (C=O) groups excluding carboxylic acids is 4. The van der Waals surface area contributed by atoms with Crippen LogP contribution in [-0.4, -0.2) is 62.2 Å². The smallest absolute Gasteiger partial charge is 0.333 e. The van der Waals surface area contributed by atoms with E-state index in [1.54, 1.807) is 54.6 Å². The Hall–Kier alpha value is -5.10. The van der Waals surface area contributed by atoms with Gasteiger partial charge in [-0.15, -0.1) is 0 Å². The van der Waals surface area contributed by atoms with Crippen LogP contribution in [0.25, 0.3) is 22.5 Å². The number of likely N-dealkylation sites (N-methyl/N-ethyl adjacent to an activating group) is 1. The molecule has 2 unspecified atom stereocenters. The summed E-state index contributed by atoms with van der Waals surface area (Å²) in [7, 11) is 0. The van der Waals surface area contributed by atoms with Crippen molar-refractivity contribution in [3.8, 4) is 22.5 Å². The summed E-state index contributed by atoms with van der Waals surface area (Å²) in [6.45, 7) is 10.1. The van der Waals surface area contributed by atoms with Gasteiger partial charge in [0.1, 0.15) is 12.1 Å². The minimum Gasteiger partial charge on any atom is -0.368 e. The highest BCUT2D eigenvalue weighted by Crippen LogP contribution is 2.18. The normalized spacial score (nSPS) is 12.2. The maximum atomic E-state index is 12.4. The maximum absolute atomic E-state index is 12.4. The van der Waals surface area contributed by atoms with Crippen molar-refractivity contribution >= 4 is 23.6 Å². The highest BCUT2D eigenvalue weighted by molar-refractivity contribution is 5.98. The van der Waals surface area contributed by atoms with Crippen molar-refractivity contribution in [3.63, 3.8) is 0 Å². The molecule has 4 aromatic rings. The number of aromatic nitrogens is 4. The van der Waals surface area contributed by atoms with Crippen LogP contribution in [0.3, 0.4) is 0 Å². The lowest BCUT2D eigenvalue weighted by atomic mass is 10.0. The SMILES string of the molecule is CC(C)C(NC(=O)c1ccc(-c2cnc[nH]2)cc1)C(N)=O.CC[NH2+]C(=O)C(NC(=O)c1ccc(-c2cnc[nH]2)cc1)C(C)C. The number of amides is 4. The van der Waals surface area contributed by atoms with Crippen molar-refractivity contribution < 1.29 is 24.5 Å². The van der Waals surface area contributed by atoms with Crippen LogP contribution in [0, 0.1) is 11.8 Å². The number of H-pyrrole nitrogens is 2. The van der Waals surface area contributed by atoms with E-state index in [0.29, 0.717) is 17.7 Å². The summed E-state index contributed by atoms with van der Waals surface area (Å²) in [6, 6.07) is 13.1. The number of nitrogens with two attached hydrogens (primary N) is 2. The van der Waals surface area contributed by atoms with Crippen LogP contribution in [0.15, 0.2) is 73.6 Å². The molecule has 2 heterocycles. The minimum atomic E-state index is -0.676. The summed E-state index contributed by atoms with van der Waals surface area (Å²) in [4.78, 5) is 61.8. The first kappa shape index (κ1) is 33.4. The fourth-order valence-electron chi connectivity index (χ4n) is 4.34. The highest BCUT2D eigenvalue weighted by Gasteiger charge is 2.27. The number of primary amides is 2. The van der Waals surface area contributed by atoms with Gasteiger partial charge in [-0.25, -0.2) is 14.8 Å². The van der Waals surface area contributed by atoms with E-state index in [1.807, 2.05) is 58.9 Å². The van der Waals surface area contributed by atoms with Gasteiger partial charge in [0.05, 0.1) is 43.0 Å². The number of hydrogen-bond acceptors (Lipinski definition) is 6. The van der Waals surface area contributed by atoms with Crippen molar-refractivity contribution in [2.24, 2.45) is 17.6 Å². The molecule has 0 saturated heterocycles. The molecule has 0 spiro atoms. The number of nitrogens with one attached hydrogen (secondary N) is 4. The molecule has 2 aromatic carbocycles. The van der Waals surface area contributed by atoms with Gasteiger partial charge in [0, 0.05) is 11.1 Å². The summed E-state index contributed by atoms with van der Waals surface area (Å²) >= 11 is 0. The van der Waals surface area contributed by atoms with Gasteiger partial charge in [0.15, 0.2) is 0 Å². The molecule has 44 heavy (non-hydrogen) atoms. The molecule has 0 fully saturated rings. The van der Waals surface area contributed by atoms with Gasteiger partial charge in [-0.2, -0.15) is 0 Å². The fourth-order valence-corrected chi connectivity index (χ4v) is 4.34. The fraction of sp³-hybridized carbons (Fsp3) is 0.312. The Balaban J connectivity index is 0.000000241. The molecule has 232 valence electrons. The Morgan fingerprint density at radius 2 is 1.14 bits per heavy atom. The number of benzene rings is 2. The van der Waals surface area contributed by atoms with Crippen LogP contribution in [0.4, 0.5) is 0 Å². The lowest BCUT2D eigenvalue weighted by molar-refractivity contribution is -0.566. The van der Waals surface area contributed by atoms with E-state index in [4.69, 9.17) is 5.73 Å². The Bertz CT molecular complexity index is 1500. The number of carbonyl (C=O) groups is 4. The number of quaternary nitrogens is 1. The maximum Gasteiger partial charge on any atom is 0.333 e. The molecule has 0 aliphatic rings. The predicted octanol–water partition coefficient (Wildman–Crippen LogP) is 2.26. The van der Waals surface area contributed by atoms with Gasteiger partial charge < -0.3 is 26.3 Å². The third kappa shape index (κ3) is 9.20. The Labute approximate surface area is 256 Å². The molecule has 2 atom stereocenters. The van der Waals surface area contributed by atoms with Crippen LogP contribution in [0.2, 0.25) is 0 Å². The first-order chi connectivity index (χ1) is 21.0. The summed E-state index contributed by atoms with van der Waals surface area (Å²) in [5, 5.41) is 7.10. The zero-order valence-corrected chi connectivity index (χ0v) is 25.6. The second kappa shape index (κ2) is 15.9. The molecular weight excluding hydrogens is 560 g/mol. The van der Waals surface area contributed by atoms with E-state index in [9.17, 15) is 19.2 Å². The van der Waals surface area contributed by atoms with Crippen LogP contribution in [0.1, 0.15) is 55.3 Å². The zero-order chi connectivity index (χ0) is 32.2. The zero-order valence-electron chi connectivity index (χ0n) is 25.6. The van der Waals surface area contributed by atoms with E-state index < -0.39 is 18.0 Å². The van der Waals surface area contributed by atoms with E-state index >= 15 is 0 Å². The molecule has 0 saturated carbocycles. The van der Waals surface area contributed by atoms with E-state index in [0.717, 1.165) is 22.5 Å². The topological polar surface area (TPSA) is 192 Å². The number of nitrogens with zero attached hydrogens (tertiary/aromatic N) is 2. The molecule has 12 nitrogen and oxygen atoms in total. The van der Waals surface area contributed by atoms with Gasteiger partial charge in [0.2, 0.25) is 5.91 Å². The van der Waals surface area contributed by atoms with Crippen molar-refractivity contribution in [2.75, 3.05) is 6.54 Å². The van der Waals surface area contributed by atoms with Crippen molar-refractivity contribution in [1.29, 1.82) is 0 Å². The second-order valence-corrected chi connectivity index (χ2v) is 10.9. The average Bonchev–Trinajstić information content (AvgIpc) is 3.74. The second-order valence-electron chi connectivity index (χ2n) is 10.9. The number of aromatic amines is 2. The van der Waals surface area contributed by atoms with E-state index in [2.05, 4.69) is 30.6 Å². The summed E-state index contributed by atoms with van der Waals surface area (Å²) in [6.07, 6.45) is 6.63. The molecule has 4 rings (SSSR count). The molecule has 0 radical (unpaired) electrons. The summed E-state index contributed by atoms with van der Waals surface area (Å²) in [5.74, 6) is -1.15. The Kier molecular flexibility index (Phi) is 12.1. The van der Waals surface area contributed by atoms with Gasteiger partial charge in [-0.05, 0) is 54.2 Å². The number of rotatable bonds is 11. The third-order valence-electron chi connectivity index (χ3n) is 6.84. The first-order valence-corrected chi connectivity index (χ1v) is 14.5. The molecule has 0 bridgehead atoms. The average molecular weight is 602 g/mol. The predicted molar refractivity (Wildman–Crippen MR) is 167 cm³/mol. The van der Waals surface area contributed by atoms with E-state index in [1.165, 1.54) is 0 Å². The molecule has 0 aliphatic heterocycles. The molecule has 2 aromatic heterocycles. The van der Waals surface area contributed by atoms with Gasteiger partial charge in [0.25, 0.3) is 11.8 Å². The van der Waals surface area contributed by atoms with Crippen molar-refractivity contribution in [1.82, 2.24) is 30.6 Å². The Morgan fingerprint density at radius 1 is 0.727 bits per heavy atom. The van der Waals surface area contributed by atoms with Crippen LogP contribution >= 0.6 is 0 Å². The van der Waals surface area contributed by atoms with Crippen LogP contribution < -0.4 is 21.7 Å². The molecule has 12 heteroatoms. The standard InChI is InChI=1S/C17H22N4O2.C15H18N4O2/c1-4-19-17(23)15(11(2)3)21-16(22)13-7-5-12(6-8-13)14-9-18-10-20-14;1-9(2)13(14(16)20)19-15(21)11-5-3-10(4-6-11)12-7-17-8-18-12/h5-11,15H,4H2,1-3H3,(H,18,20)(H,19,23)(H,21,22);3-9,13H,1-2H3,(H2,16,20)(H,17,18)(H,19,21)/p+1. The first-order valence-electron chi connectivity index (χ1n) is 14.5. The highest BCUT2D eigenvalue weighted by atomic mass is 16.2. The molecular formula is C32H41N8O4+. The minimum absolute atomic E-state index is 0.0371. The van der Waals surface area contributed by atoms with E-state index in [-0.39, 0.29) is 29.6 Å². The Morgan fingerprint density at radius 3 is 1.45 bits per heavy atom. The number of imidazole rings is 2.